The maximum absolute atomic E-state index is 10.9. The zero-order valence-corrected chi connectivity index (χ0v) is 7.04. The zero-order valence-electron chi connectivity index (χ0n) is 7.04. The Hall–Kier alpha value is -0.830. The Bertz CT molecular complexity index is 145. The molecule has 0 spiro atoms. The highest BCUT2D eigenvalue weighted by molar-refractivity contribution is 5.76. The minimum absolute atomic E-state index is 0.0333. The molecule has 2 N–H and O–H groups in total. The second-order valence-corrected chi connectivity index (χ2v) is 2.37. The number of esters is 1. The molecular weight excluding hydrogens is 142 g/mol. The summed E-state index contributed by atoms with van der Waals surface area (Å²) in [7, 11) is 0. The average Bonchev–Trinajstić information content (AvgIpc) is 2.02. The van der Waals surface area contributed by atoms with Crippen LogP contribution in [0, 0.1) is 5.92 Å². The maximum Gasteiger partial charge on any atom is 0.323 e. The Morgan fingerprint density at radius 2 is 2.36 bits per heavy atom. The smallest absolute Gasteiger partial charge is 0.323 e. The molecule has 0 aliphatic carbocycles. The van der Waals surface area contributed by atoms with Crippen molar-refractivity contribution in [3.05, 3.63) is 12.7 Å². The van der Waals surface area contributed by atoms with Crippen LogP contribution in [0.2, 0.25) is 0 Å². The molecule has 2 atom stereocenters. The third-order valence-electron chi connectivity index (χ3n) is 1.50. The minimum atomic E-state index is -0.576. The molecule has 64 valence electrons. The number of carbonyl (C=O) groups excluding carboxylic acids is 1. The third-order valence-corrected chi connectivity index (χ3v) is 1.50. The molecule has 0 heterocycles. The van der Waals surface area contributed by atoms with Gasteiger partial charge >= 0.3 is 5.97 Å². The van der Waals surface area contributed by atoms with Gasteiger partial charge in [-0.3, -0.25) is 4.79 Å². The summed E-state index contributed by atoms with van der Waals surface area (Å²) in [4.78, 5) is 10.9. The van der Waals surface area contributed by atoms with E-state index in [0.717, 1.165) is 0 Å². The monoisotopic (exact) mass is 157 g/mol. The van der Waals surface area contributed by atoms with E-state index in [-0.39, 0.29) is 11.9 Å². The van der Waals surface area contributed by atoms with Crippen molar-refractivity contribution in [2.24, 2.45) is 11.7 Å². The van der Waals surface area contributed by atoms with Gasteiger partial charge in [-0.15, -0.1) is 6.58 Å². The maximum atomic E-state index is 10.9. The van der Waals surface area contributed by atoms with E-state index in [4.69, 9.17) is 10.5 Å². The van der Waals surface area contributed by atoms with Crippen molar-refractivity contribution in [1.82, 2.24) is 0 Å². The Morgan fingerprint density at radius 3 is 2.73 bits per heavy atom. The lowest BCUT2D eigenvalue weighted by atomic mass is 10.0. The van der Waals surface area contributed by atoms with Gasteiger partial charge in [0.1, 0.15) is 6.04 Å². The van der Waals surface area contributed by atoms with Crippen LogP contribution in [0.1, 0.15) is 13.8 Å². The molecule has 0 saturated heterocycles. The van der Waals surface area contributed by atoms with Crippen LogP contribution in [-0.4, -0.2) is 18.6 Å². The van der Waals surface area contributed by atoms with Crippen LogP contribution >= 0.6 is 0 Å². The molecule has 0 rings (SSSR count). The average molecular weight is 157 g/mol. The van der Waals surface area contributed by atoms with Gasteiger partial charge in [-0.25, -0.2) is 0 Å². The molecule has 0 aliphatic rings. The number of nitrogens with two attached hydrogens (primary N) is 1. The fourth-order valence-electron chi connectivity index (χ4n) is 0.600. The van der Waals surface area contributed by atoms with Gasteiger partial charge in [0.25, 0.3) is 0 Å². The molecule has 1 unspecified atom stereocenters. The SMILES string of the molecule is C=CC(C)[C@@H](N)C(=O)OCC. The summed E-state index contributed by atoms with van der Waals surface area (Å²) in [5.41, 5.74) is 5.51. The Kier molecular flexibility index (Phi) is 4.54. The molecule has 0 aromatic rings. The Morgan fingerprint density at radius 1 is 1.82 bits per heavy atom. The number of hydrogen-bond acceptors (Lipinski definition) is 3. The molecule has 0 saturated carbocycles. The lowest BCUT2D eigenvalue weighted by Gasteiger charge is -2.13. The van der Waals surface area contributed by atoms with E-state index >= 15 is 0 Å². The Balaban J connectivity index is 3.90. The lowest BCUT2D eigenvalue weighted by molar-refractivity contribution is -0.145. The van der Waals surface area contributed by atoms with E-state index in [2.05, 4.69) is 6.58 Å². The van der Waals surface area contributed by atoms with E-state index in [1.165, 1.54) is 0 Å². The number of carbonyl (C=O) groups is 1. The molecular formula is C8H15NO2. The topological polar surface area (TPSA) is 52.3 Å². The van der Waals surface area contributed by atoms with Crippen molar-refractivity contribution in [3.8, 4) is 0 Å². The highest BCUT2D eigenvalue weighted by atomic mass is 16.5. The first-order valence-corrected chi connectivity index (χ1v) is 3.68. The van der Waals surface area contributed by atoms with Crippen LogP contribution in [-0.2, 0) is 9.53 Å². The summed E-state index contributed by atoms with van der Waals surface area (Å²) >= 11 is 0. The van der Waals surface area contributed by atoms with Crippen molar-refractivity contribution in [2.45, 2.75) is 19.9 Å². The van der Waals surface area contributed by atoms with Gasteiger partial charge in [-0.1, -0.05) is 13.0 Å². The molecule has 0 aliphatic heterocycles. The van der Waals surface area contributed by atoms with Crippen molar-refractivity contribution < 1.29 is 9.53 Å². The molecule has 0 aromatic heterocycles. The molecule has 11 heavy (non-hydrogen) atoms. The molecule has 0 amide bonds. The van der Waals surface area contributed by atoms with Crippen LogP contribution in [0.5, 0.6) is 0 Å². The number of hydrogen-bond donors (Lipinski definition) is 1. The van der Waals surface area contributed by atoms with E-state index in [1.807, 2.05) is 6.92 Å². The lowest BCUT2D eigenvalue weighted by Crippen LogP contribution is -2.37. The first kappa shape index (κ1) is 10.2. The molecule has 0 fully saturated rings. The summed E-state index contributed by atoms with van der Waals surface area (Å²) in [5, 5.41) is 0. The van der Waals surface area contributed by atoms with E-state index in [9.17, 15) is 4.79 Å². The first-order valence-electron chi connectivity index (χ1n) is 3.68. The molecule has 3 nitrogen and oxygen atoms in total. The standard InChI is InChI=1S/C8H15NO2/c1-4-6(3)7(9)8(10)11-5-2/h4,6-7H,1,5,9H2,2-3H3/t6?,7-/m1/s1. The van der Waals surface area contributed by atoms with Crippen LogP contribution in [0.4, 0.5) is 0 Å². The second kappa shape index (κ2) is 4.91. The largest absolute Gasteiger partial charge is 0.465 e. The van der Waals surface area contributed by atoms with E-state index in [0.29, 0.717) is 6.61 Å². The molecule has 3 heteroatoms. The predicted octanol–water partition coefficient (Wildman–Crippen LogP) is 0.699. The van der Waals surface area contributed by atoms with Crippen LogP contribution in [0.25, 0.3) is 0 Å². The van der Waals surface area contributed by atoms with Gasteiger partial charge in [0.2, 0.25) is 0 Å². The molecule has 0 radical (unpaired) electrons. The van der Waals surface area contributed by atoms with E-state index in [1.54, 1.807) is 13.0 Å². The fraction of sp³-hybridized carbons (Fsp3) is 0.625. The molecule has 0 aromatic carbocycles. The van der Waals surface area contributed by atoms with Crippen molar-refractivity contribution >= 4 is 5.97 Å². The van der Waals surface area contributed by atoms with Gasteiger partial charge in [-0.05, 0) is 12.8 Å². The summed E-state index contributed by atoms with van der Waals surface area (Å²) in [6.45, 7) is 7.49. The zero-order chi connectivity index (χ0) is 8.85. The summed E-state index contributed by atoms with van der Waals surface area (Å²) < 4.78 is 4.71. The van der Waals surface area contributed by atoms with Crippen LogP contribution in [0.3, 0.4) is 0 Å². The number of ether oxygens (including phenoxy) is 1. The van der Waals surface area contributed by atoms with Gasteiger partial charge in [-0.2, -0.15) is 0 Å². The third kappa shape index (κ3) is 3.18. The van der Waals surface area contributed by atoms with E-state index < -0.39 is 6.04 Å². The van der Waals surface area contributed by atoms with Crippen molar-refractivity contribution in [3.63, 3.8) is 0 Å². The first-order chi connectivity index (χ1) is 5.13. The summed E-state index contributed by atoms with van der Waals surface area (Å²) in [6.07, 6.45) is 1.64. The fourth-order valence-corrected chi connectivity index (χ4v) is 0.600. The van der Waals surface area contributed by atoms with Crippen LogP contribution in [0.15, 0.2) is 12.7 Å². The Labute approximate surface area is 67.2 Å². The predicted molar refractivity (Wildman–Crippen MR) is 44.0 cm³/mol. The van der Waals surface area contributed by atoms with Crippen molar-refractivity contribution in [2.75, 3.05) is 6.61 Å². The minimum Gasteiger partial charge on any atom is -0.465 e. The van der Waals surface area contributed by atoms with Gasteiger partial charge < -0.3 is 10.5 Å². The summed E-state index contributed by atoms with van der Waals surface area (Å²) in [5.74, 6) is -0.394. The normalized spacial score (nSPS) is 15.2. The van der Waals surface area contributed by atoms with Gasteiger partial charge in [0.15, 0.2) is 0 Å². The quantitative estimate of drug-likeness (QED) is 0.482. The highest BCUT2D eigenvalue weighted by Gasteiger charge is 2.18. The van der Waals surface area contributed by atoms with Gasteiger partial charge in [0.05, 0.1) is 6.61 Å². The van der Waals surface area contributed by atoms with Crippen molar-refractivity contribution in [1.29, 1.82) is 0 Å². The number of rotatable bonds is 4. The summed E-state index contributed by atoms with van der Waals surface area (Å²) in [6, 6.07) is -0.576. The molecule has 0 bridgehead atoms. The van der Waals surface area contributed by atoms with Crippen LogP contribution < -0.4 is 5.73 Å². The van der Waals surface area contributed by atoms with Gasteiger partial charge in [0, 0.05) is 0 Å². The second-order valence-electron chi connectivity index (χ2n) is 2.37. The highest BCUT2D eigenvalue weighted by Crippen LogP contribution is 2.02.